The van der Waals surface area contributed by atoms with Crippen molar-refractivity contribution in [2.75, 3.05) is 0 Å². The summed E-state index contributed by atoms with van der Waals surface area (Å²) in [5, 5.41) is 10.0. The van der Waals surface area contributed by atoms with E-state index in [9.17, 15) is 13.5 Å². The zero-order chi connectivity index (χ0) is 15.3. The van der Waals surface area contributed by atoms with E-state index >= 15 is 0 Å². The maximum absolute atomic E-state index is 12.4. The van der Waals surface area contributed by atoms with Gasteiger partial charge in [0, 0.05) is 6.04 Å². The van der Waals surface area contributed by atoms with Crippen LogP contribution in [0.4, 0.5) is 0 Å². The predicted octanol–water partition coefficient (Wildman–Crippen LogP) is 3.13. The fourth-order valence-electron chi connectivity index (χ4n) is 2.84. The molecule has 118 valence electrons. The maximum Gasteiger partial charge on any atom is 0.240 e. The summed E-state index contributed by atoms with van der Waals surface area (Å²) in [6.07, 6.45) is 6.09. The average molecular weight is 311 g/mol. The van der Waals surface area contributed by atoms with Crippen molar-refractivity contribution < 1.29 is 13.5 Å². The Morgan fingerprint density at radius 2 is 2.00 bits per heavy atom. The lowest BCUT2D eigenvalue weighted by Gasteiger charge is -2.22. The van der Waals surface area contributed by atoms with Crippen molar-refractivity contribution in [1.29, 1.82) is 0 Å². The summed E-state index contributed by atoms with van der Waals surface area (Å²) in [6, 6.07) is 6.70. The average Bonchev–Trinajstić information content (AvgIpc) is 2.48. The third-order valence-corrected chi connectivity index (χ3v) is 5.56. The minimum atomic E-state index is -3.49. The first-order valence-electron chi connectivity index (χ1n) is 7.83. The van der Waals surface area contributed by atoms with Crippen LogP contribution in [0.2, 0.25) is 0 Å². The van der Waals surface area contributed by atoms with E-state index in [0.29, 0.717) is 12.0 Å². The molecule has 0 amide bonds. The second-order valence-corrected chi connectivity index (χ2v) is 7.55. The van der Waals surface area contributed by atoms with Gasteiger partial charge in [-0.1, -0.05) is 44.7 Å². The summed E-state index contributed by atoms with van der Waals surface area (Å²) in [4.78, 5) is 0.251. The van der Waals surface area contributed by atoms with E-state index in [0.717, 1.165) is 32.1 Å². The zero-order valence-electron chi connectivity index (χ0n) is 12.6. The summed E-state index contributed by atoms with van der Waals surface area (Å²) in [7, 11) is -3.49. The second-order valence-electron chi connectivity index (χ2n) is 5.83. The Balaban J connectivity index is 2.13. The molecule has 1 aliphatic carbocycles. The summed E-state index contributed by atoms with van der Waals surface area (Å²) in [5.74, 6) is 0. The maximum atomic E-state index is 12.4. The largest absolute Gasteiger partial charge is 0.388 e. The lowest BCUT2D eigenvalue weighted by atomic mass is 9.96. The third kappa shape index (κ3) is 4.53. The highest BCUT2D eigenvalue weighted by atomic mass is 32.2. The summed E-state index contributed by atoms with van der Waals surface area (Å²) >= 11 is 0. The Kier molecular flexibility index (Phi) is 5.79. The number of aliphatic hydroxyl groups excluding tert-OH is 1. The standard InChI is InChI=1S/C16H25NO3S/c1-2-7-16(18)13-8-6-11-15(12-13)21(19,20)17-14-9-4-3-5-10-14/h6,8,11-12,14,16-18H,2-5,7,9-10H2,1H3. The highest BCUT2D eigenvalue weighted by Gasteiger charge is 2.22. The molecule has 0 saturated heterocycles. The first-order valence-corrected chi connectivity index (χ1v) is 9.31. The number of nitrogens with one attached hydrogen (secondary N) is 1. The molecule has 1 aromatic rings. The van der Waals surface area contributed by atoms with E-state index in [1.807, 2.05) is 6.92 Å². The highest BCUT2D eigenvalue weighted by Crippen LogP contribution is 2.23. The van der Waals surface area contributed by atoms with Crippen LogP contribution in [0.5, 0.6) is 0 Å². The van der Waals surface area contributed by atoms with Crippen molar-refractivity contribution in [2.24, 2.45) is 0 Å². The van der Waals surface area contributed by atoms with Gasteiger partial charge in [-0.2, -0.15) is 0 Å². The summed E-state index contributed by atoms with van der Waals surface area (Å²) in [5.41, 5.74) is 0.670. The molecule has 2 rings (SSSR count). The van der Waals surface area contributed by atoms with Crippen LogP contribution in [0, 0.1) is 0 Å². The van der Waals surface area contributed by atoms with E-state index in [1.165, 1.54) is 6.42 Å². The lowest BCUT2D eigenvalue weighted by molar-refractivity contribution is 0.166. The zero-order valence-corrected chi connectivity index (χ0v) is 13.4. The van der Waals surface area contributed by atoms with Crippen molar-refractivity contribution >= 4 is 10.0 Å². The fraction of sp³-hybridized carbons (Fsp3) is 0.625. The van der Waals surface area contributed by atoms with Gasteiger partial charge in [-0.25, -0.2) is 13.1 Å². The molecule has 5 heteroatoms. The van der Waals surface area contributed by atoms with E-state index in [2.05, 4.69) is 4.72 Å². The third-order valence-electron chi connectivity index (χ3n) is 4.04. The fourth-order valence-corrected chi connectivity index (χ4v) is 4.20. The molecule has 0 heterocycles. The van der Waals surface area contributed by atoms with Crippen LogP contribution in [0.25, 0.3) is 0 Å². The topological polar surface area (TPSA) is 66.4 Å². The molecule has 0 radical (unpaired) electrons. The Bertz CT molecular complexity index is 550. The first kappa shape index (κ1) is 16.5. The molecule has 1 fully saturated rings. The molecule has 0 spiro atoms. The smallest absolute Gasteiger partial charge is 0.240 e. The van der Waals surface area contributed by atoms with Gasteiger partial charge in [0.25, 0.3) is 0 Å². The molecular weight excluding hydrogens is 286 g/mol. The van der Waals surface area contributed by atoms with Gasteiger partial charge in [0.05, 0.1) is 11.0 Å². The SMILES string of the molecule is CCCC(O)c1cccc(S(=O)(=O)NC2CCCCC2)c1. The summed E-state index contributed by atoms with van der Waals surface area (Å²) in [6.45, 7) is 1.99. The van der Waals surface area contributed by atoms with Gasteiger partial charge in [-0.3, -0.25) is 0 Å². The Labute approximate surface area is 127 Å². The molecule has 1 atom stereocenters. The molecule has 0 aromatic heterocycles. The van der Waals surface area contributed by atoms with Crippen LogP contribution in [0.1, 0.15) is 63.5 Å². The minimum Gasteiger partial charge on any atom is -0.388 e. The highest BCUT2D eigenvalue weighted by molar-refractivity contribution is 7.89. The van der Waals surface area contributed by atoms with E-state index in [-0.39, 0.29) is 10.9 Å². The van der Waals surface area contributed by atoms with E-state index in [1.54, 1.807) is 24.3 Å². The number of hydrogen-bond donors (Lipinski definition) is 2. The summed E-state index contributed by atoms with van der Waals surface area (Å²) < 4.78 is 27.7. The molecule has 4 nitrogen and oxygen atoms in total. The number of aliphatic hydroxyl groups is 1. The van der Waals surface area contributed by atoms with Gasteiger partial charge in [0.2, 0.25) is 10.0 Å². The van der Waals surface area contributed by atoms with Crippen LogP contribution in [0.15, 0.2) is 29.2 Å². The Morgan fingerprint density at radius 1 is 1.29 bits per heavy atom. The molecule has 0 bridgehead atoms. The van der Waals surface area contributed by atoms with Gasteiger partial charge in [0.15, 0.2) is 0 Å². The number of rotatable bonds is 6. The van der Waals surface area contributed by atoms with Crippen molar-refractivity contribution in [3.05, 3.63) is 29.8 Å². The Hall–Kier alpha value is -0.910. The normalized spacial score (nSPS) is 18.6. The monoisotopic (exact) mass is 311 g/mol. The first-order chi connectivity index (χ1) is 10.0. The van der Waals surface area contributed by atoms with Crippen molar-refractivity contribution in [3.8, 4) is 0 Å². The molecule has 1 aliphatic rings. The van der Waals surface area contributed by atoms with E-state index < -0.39 is 16.1 Å². The van der Waals surface area contributed by atoms with Gasteiger partial charge in [-0.05, 0) is 37.0 Å². The number of sulfonamides is 1. The molecule has 0 aliphatic heterocycles. The molecule has 21 heavy (non-hydrogen) atoms. The van der Waals surface area contributed by atoms with Crippen LogP contribution >= 0.6 is 0 Å². The van der Waals surface area contributed by atoms with Crippen LogP contribution in [0.3, 0.4) is 0 Å². The molecule has 1 saturated carbocycles. The van der Waals surface area contributed by atoms with Crippen molar-refractivity contribution in [2.45, 2.75) is 68.9 Å². The predicted molar refractivity (Wildman–Crippen MR) is 83.5 cm³/mol. The quantitative estimate of drug-likeness (QED) is 0.848. The van der Waals surface area contributed by atoms with Gasteiger partial charge in [-0.15, -0.1) is 0 Å². The van der Waals surface area contributed by atoms with Gasteiger partial charge >= 0.3 is 0 Å². The van der Waals surface area contributed by atoms with Gasteiger partial charge < -0.3 is 5.11 Å². The van der Waals surface area contributed by atoms with Crippen molar-refractivity contribution in [3.63, 3.8) is 0 Å². The van der Waals surface area contributed by atoms with Crippen LogP contribution < -0.4 is 4.72 Å². The second kappa shape index (κ2) is 7.38. The molecule has 1 unspecified atom stereocenters. The number of hydrogen-bond acceptors (Lipinski definition) is 3. The Morgan fingerprint density at radius 3 is 2.67 bits per heavy atom. The molecule has 2 N–H and O–H groups in total. The van der Waals surface area contributed by atoms with Crippen LogP contribution in [-0.2, 0) is 10.0 Å². The molecular formula is C16H25NO3S. The van der Waals surface area contributed by atoms with Gasteiger partial charge in [0.1, 0.15) is 0 Å². The van der Waals surface area contributed by atoms with Crippen LogP contribution in [-0.4, -0.2) is 19.6 Å². The van der Waals surface area contributed by atoms with E-state index in [4.69, 9.17) is 0 Å². The lowest BCUT2D eigenvalue weighted by Crippen LogP contribution is -2.36. The molecule has 1 aromatic carbocycles. The van der Waals surface area contributed by atoms with Crippen molar-refractivity contribution in [1.82, 2.24) is 4.72 Å². The minimum absolute atomic E-state index is 0.0490. The number of benzene rings is 1.